The molecule has 2 heterocycles. The molecule has 1 aromatic rings. The number of likely N-dealkylation sites (tertiary alicyclic amines) is 1. The summed E-state index contributed by atoms with van der Waals surface area (Å²) >= 11 is 0. The maximum absolute atomic E-state index is 13.0. The quantitative estimate of drug-likeness (QED) is 0.853. The van der Waals surface area contributed by atoms with Crippen molar-refractivity contribution in [3.63, 3.8) is 0 Å². The highest BCUT2D eigenvalue weighted by molar-refractivity contribution is 5.83. The normalized spacial score (nSPS) is 23.5. The molecule has 0 aliphatic carbocycles. The number of benzene rings is 1. The van der Waals surface area contributed by atoms with E-state index in [0.29, 0.717) is 25.7 Å². The van der Waals surface area contributed by atoms with Gasteiger partial charge in [-0.3, -0.25) is 9.69 Å². The molecule has 2 saturated heterocycles. The van der Waals surface area contributed by atoms with Gasteiger partial charge in [-0.25, -0.2) is 0 Å². The molecule has 1 atom stereocenters. The average molecular weight is 345 g/mol. The van der Waals surface area contributed by atoms with Crippen LogP contribution in [0.15, 0.2) is 30.3 Å². The smallest absolute Gasteiger partial charge is 0.229 e. The SMILES string of the molecule is CN(CC1CCN(Cc2ccccc2)C1)C(=O)C1(CN)CCOCC1. The first-order valence-corrected chi connectivity index (χ1v) is 9.43. The van der Waals surface area contributed by atoms with E-state index in [1.807, 2.05) is 11.9 Å². The molecule has 2 fully saturated rings. The van der Waals surface area contributed by atoms with E-state index < -0.39 is 5.41 Å². The van der Waals surface area contributed by atoms with Crippen molar-refractivity contribution in [2.45, 2.75) is 25.8 Å². The van der Waals surface area contributed by atoms with Gasteiger partial charge in [0.15, 0.2) is 0 Å². The van der Waals surface area contributed by atoms with Gasteiger partial charge in [0, 0.05) is 46.4 Å². The molecule has 138 valence electrons. The van der Waals surface area contributed by atoms with E-state index in [1.54, 1.807) is 0 Å². The summed E-state index contributed by atoms with van der Waals surface area (Å²) in [7, 11) is 1.94. The molecule has 2 aliphatic rings. The molecular weight excluding hydrogens is 314 g/mol. The standard InChI is InChI=1S/C20H31N3O2/c1-22(19(24)20(16-21)8-11-25-12-9-20)13-18-7-10-23(15-18)14-17-5-3-2-4-6-17/h2-6,18H,7-16,21H2,1H3. The lowest BCUT2D eigenvalue weighted by atomic mass is 9.79. The Morgan fingerprint density at radius 1 is 1.32 bits per heavy atom. The first-order chi connectivity index (χ1) is 12.1. The molecule has 1 amide bonds. The Bertz CT molecular complexity index is 557. The minimum atomic E-state index is -0.407. The first kappa shape index (κ1) is 18.4. The number of rotatable bonds is 6. The maximum Gasteiger partial charge on any atom is 0.229 e. The topological polar surface area (TPSA) is 58.8 Å². The van der Waals surface area contributed by atoms with Gasteiger partial charge in [-0.2, -0.15) is 0 Å². The van der Waals surface area contributed by atoms with E-state index in [1.165, 1.54) is 5.56 Å². The van der Waals surface area contributed by atoms with Gasteiger partial charge in [-0.15, -0.1) is 0 Å². The second-order valence-corrected chi connectivity index (χ2v) is 7.66. The molecule has 25 heavy (non-hydrogen) atoms. The van der Waals surface area contributed by atoms with Crippen molar-refractivity contribution in [3.8, 4) is 0 Å². The van der Waals surface area contributed by atoms with Crippen LogP contribution in [0.2, 0.25) is 0 Å². The summed E-state index contributed by atoms with van der Waals surface area (Å²) in [5, 5.41) is 0. The van der Waals surface area contributed by atoms with Crippen LogP contribution in [0.3, 0.4) is 0 Å². The Labute approximate surface area is 151 Å². The summed E-state index contributed by atoms with van der Waals surface area (Å²) in [5.41, 5.74) is 6.93. The number of nitrogens with zero attached hydrogens (tertiary/aromatic N) is 2. The molecule has 5 nitrogen and oxygen atoms in total. The molecule has 2 N–H and O–H groups in total. The van der Waals surface area contributed by atoms with Crippen LogP contribution in [0.4, 0.5) is 0 Å². The maximum atomic E-state index is 13.0. The summed E-state index contributed by atoms with van der Waals surface area (Å²) in [5.74, 6) is 0.757. The Morgan fingerprint density at radius 3 is 2.72 bits per heavy atom. The van der Waals surface area contributed by atoms with Gasteiger partial charge in [0.05, 0.1) is 5.41 Å². The molecular formula is C20H31N3O2. The number of nitrogens with two attached hydrogens (primary N) is 1. The van der Waals surface area contributed by atoms with Crippen LogP contribution in [0.1, 0.15) is 24.8 Å². The Kier molecular flexibility index (Phi) is 6.10. The lowest BCUT2D eigenvalue weighted by Gasteiger charge is -2.38. The van der Waals surface area contributed by atoms with Gasteiger partial charge in [-0.05, 0) is 37.3 Å². The molecule has 1 aromatic carbocycles. The zero-order valence-electron chi connectivity index (χ0n) is 15.3. The van der Waals surface area contributed by atoms with Crippen molar-refractivity contribution in [2.75, 3.05) is 46.4 Å². The van der Waals surface area contributed by atoms with Crippen molar-refractivity contribution < 1.29 is 9.53 Å². The molecule has 0 spiro atoms. The van der Waals surface area contributed by atoms with E-state index in [-0.39, 0.29) is 5.91 Å². The molecule has 3 rings (SSSR count). The fraction of sp³-hybridized carbons (Fsp3) is 0.650. The van der Waals surface area contributed by atoms with Crippen molar-refractivity contribution in [1.29, 1.82) is 0 Å². The number of hydrogen-bond donors (Lipinski definition) is 1. The predicted octanol–water partition coefficient (Wildman–Crippen LogP) is 1.72. The van der Waals surface area contributed by atoms with E-state index in [2.05, 4.69) is 35.2 Å². The number of hydrogen-bond acceptors (Lipinski definition) is 4. The van der Waals surface area contributed by atoms with E-state index >= 15 is 0 Å². The number of amides is 1. The molecule has 0 radical (unpaired) electrons. The lowest BCUT2D eigenvalue weighted by molar-refractivity contribution is -0.146. The summed E-state index contributed by atoms with van der Waals surface area (Å²) in [6.07, 6.45) is 2.65. The third kappa shape index (κ3) is 4.40. The monoisotopic (exact) mass is 345 g/mol. The fourth-order valence-electron chi connectivity index (χ4n) is 4.19. The van der Waals surface area contributed by atoms with E-state index in [0.717, 1.165) is 45.4 Å². The molecule has 0 bridgehead atoms. The third-order valence-corrected chi connectivity index (χ3v) is 5.79. The number of carbonyl (C=O) groups is 1. The van der Waals surface area contributed by atoms with Gasteiger partial charge in [0.1, 0.15) is 0 Å². The van der Waals surface area contributed by atoms with Crippen LogP contribution in [-0.2, 0) is 16.1 Å². The minimum Gasteiger partial charge on any atom is -0.381 e. The highest BCUT2D eigenvalue weighted by Gasteiger charge is 2.41. The minimum absolute atomic E-state index is 0.208. The van der Waals surface area contributed by atoms with E-state index in [4.69, 9.17) is 10.5 Å². The van der Waals surface area contributed by atoms with Gasteiger partial charge in [0.25, 0.3) is 0 Å². The van der Waals surface area contributed by atoms with Crippen LogP contribution < -0.4 is 5.73 Å². The van der Waals surface area contributed by atoms with Crippen LogP contribution in [0, 0.1) is 11.3 Å². The van der Waals surface area contributed by atoms with Gasteiger partial charge in [0.2, 0.25) is 5.91 Å². The molecule has 1 unspecified atom stereocenters. The molecule has 2 aliphatic heterocycles. The fourth-order valence-corrected chi connectivity index (χ4v) is 4.19. The zero-order valence-corrected chi connectivity index (χ0v) is 15.3. The number of ether oxygens (including phenoxy) is 1. The summed E-state index contributed by atoms with van der Waals surface area (Å²) in [6, 6.07) is 10.6. The van der Waals surface area contributed by atoms with Crippen LogP contribution >= 0.6 is 0 Å². The van der Waals surface area contributed by atoms with Gasteiger partial charge < -0.3 is 15.4 Å². The lowest BCUT2D eigenvalue weighted by Crippen LogP contribution is -2.50. The Hall–Kier alpha value is -1.43. The summed E-state index contributed by atoms with van der Waals surface area (Å²) in [4.78, 5) is 17.4. The molecule has 0 saturated carbocycles. The van der Waals surface area contributed by atoms with Gasteiger partial charge >= 0.3 is 0 Å². The van der Waals surface area contributed by atoms with Crippen LogP contribution in [0.5, 0.6) is 0 Å². The van der Waals surface area contributed by atoms with Gasteiger partial charge in [-0.1, -0.05) is 30.3 Å². The second-order valence-electron chi connectivity index (χ2n) is 7.66. The third-order valence-electron chi connectivity index (χ3n) is 5.79. The highest BCUT2D eigenvalue weighted by Crippen LogP contribution is 2.32. The van der Waals surface area contributed by atoms with Crippen molar-refractivity contribution >= 4 is 5.91 Å². The second kappa shape index (κ2) is 8.30. The first-order valence-electron chi connectivity index (χ1n) is 9.43. The van der Waals surface area contributed by atoms with Crippen LogP contribution in [-0.4, -0.2) is 62.1 Å². The van der Waals surface area contributed by atoms with Crippen LogP contribution in [0.25, 0.3) is 0 Å². The van der Waals surface area contributed by atoms with Crippen molar-refractivity contribution in [3.05, 3.63) is 35.9 Å². The molecule has 0 aromatic heterocycles. The predicted molar refractivity (Wildman–Crippen MR) is 99.0 cm³/mol. The van der Waals surface area contributed by atoms with E-state index in [9.17, 15) is 4.79 Å². The summed E-state index contributed by atoms with van der Waals surface area (Å²) in [6.45, 7) is 5.70. The average Bonchev–Trinajstić information content (AvgIpc) is 3.09. The highest BCUT2D eigenvalue weighted by atomic mass is 16.5. The summed E-state index contributed by atoms with van der Waals surface area (Å²) < 4.78 is 5.43. The zero-order chi connectivity index (χ0) is 17.7. The van der Waals surface area contributed by atoms with Crippen molar-refractivity contribution in [1.82, 2.24) is 9.80 Å². The number of carbonyl (C=O) groups excluding carboxylic acids is 1. The van der Waals surface area contributed by atoms with Crippen molar-refractivity contribution in [2.24, 2.45) is 17.1 Å². The largest absolute Gasteiger partial charge is 0.381 e. The Balaban J connectivity index is 1.51. The molecule has 5 heteroatoms. The Morgan fingerprint density at radius 2 is 2.04 bits per heavy atom.